The molecule has 1 aliphatic carbocycles. The van der Waals surface area contributed by atoms with Gasteiger partial charge in [0.2, 0.25) is 0 Å². The Balaban J connectivity index is 1.56. The molecule has 15 heavy (non-hydrogen) atoms. The Morgan fingerprint density at radius 3 is 2.87 bits per heavy atom. The fraction of sp³-hybridized carbons (Fsp3) is 0.846. The Labute approximate surface area is 97.7 Å². The molecule has 0 aromatic heterocycles. The minimum atomic E-state index is 0.930. The van der Waals surface area contributed by atoms with Crippen molar-refractivity contribution in [2.75, 3.05) is 18.1 Å². The van der Waals surface area contributed by atoms with Gasteiger partial charge in [0.1, 0.15) is 0 Å². The lowest BCUT2D eigenvalue weighted by molar-refractivity contribution is 0.221. The summed E-state index contributed by atoms with van der Waals surface area (Å²) < 4.78 is 5.66. The summed E-state index contributed by atoms with van der Waals surface area (Å²) in [5.74, 6) is 3.66. The smallest absolute Gasteiger partial charge is 0.0876 e. The summed E-state index contributed by atoms with van der Waals surface area (Å²) in [6.45, 7) is 0.939. The lowest BCUT2D eigenvalue weighted by atomic mass is 9.96. The second kappa shape index (κ2) is 6.47. The first-order chi connectivity index (χ1) is 7.45. The maximum Gasteiger partial charge on any atom is 0.0876 e. The van der Waals surface area contributed by atoms with Gasteiger partial charge < -0.3 is 4.74 Å². The topological polar surface area (TPSA) is 9.23 Å². The Bertz CT molecular complexity index is 199. The summed E-state index contributed by atoms with van der Waals surface area (Å²) in [6, 6.07) is 0. The summed E-state index contributed by atoms with van der Waals surface area (Å²) in [7, 11) is 0. The minimum Gasteiger partial charge on any atom is -0.501 e. The van der Waals surface area contributed by atoms with Crippen molar-refractivity contribution < 1.29 is 4.74 Å². The highest BCUT2D eigenvalue weighted by Crippen LogP contribution is 2.26. The molecule has 1 atom stereocenters. The zero-order chi connectivity index (χ0) is 10.3. The summed E-state index contributed by atoms with van der Waals surface area (Å²) in [5, 5.41) is 0. The first-order valence-corrected chi connectivity index (χ1v) is 7.48. The SMILES string of the molecule is C(OCCC1CCSC1)=C1CCCCC1. The lowest BCUT2D eigenvalue weighted by Crippen LogP contribution is -2.02. The van der Waals surface area contributed by atoms with Crippen LogP contribution >= 0.6 is 11.8 Å². The number of hydrogen-bond donors (Lipinski definition) is 0. The van der Waals surface area contributed by atoms with E-state index in [1.165, 1.54) is 56.5 Å². The number of rotatable bonds is 4. The summed E-state index contributed by atoms with van der Waals surface area (Å²) >= 11 is 2.10. The van der Waals surface area contributed by atoms with E-state index >= 15 is 0 Å². The Morgan fingerprint density at radius 2 is 2.13 bits per heavy atom. The number of allylic oxidation sites excluding steroid dienone is 1. The molecule has 1 unspecified atom stereocenters. The van der Waals surface area contributed by atoms with E-state index in [0.29, 0.717) is 0 Å². The van der Waals surface area contributed by atoms with E-state index in [-0.39, 0.29) is 0 Å². The minimum absolute atomic E-state index is 0.930. The molecule has 0 amide bonds. The van der Waals surface area contributed by atoms with Crippen LogP contribution in [0.15, 0.2) is 11.8 Å². The molecule has 86 valence electrons. The third kappa shape index (κ3) is 4.10. The van der Waals surface area contributed by atoms with Gasteiger partial charge in [-0.25, -0.2) is 0 Å². The van der Waals surface area contributed by atoms with E-state index in [2.05, 4.69) is 18.0 Å². The van der Waals surface area contributed by atoms with Gasteiger partial charge in [-0.15, -0.1) is 0 Å². The van der Waals surface area contributed by atoms with Gasteiger partial charge in [0.25, 0.3) is 0 Å². The molecule has 1 nitrogen and oxygen atoms in total. The lowest BCUT2D eigenvalue weighted by Gasteiger charge is -2.14. The molecule has 2 heteroatoms. The molecule has 2 rings (SSSR count). The van der Waals surface area contributed by atoms with Gasteiger partial charge in [0.15, 0.2) is 0 Å². The molecular formula is C13H22OS. The van der Waals surface area contributed by atoms with Crippen LogP contribution in [0.3, 0.4) is 0 Å². The predicted molar refractivity (Wildman–Crippen MR) is 67.2 cm³/mol. The average Bonchev–Trinajstić information content (AvgIpc) is 2.79. The maximum atomic E-state index is 5.66. The molecule has 1 saturated heterocycles. The molecule has 2 aliphatic rings. The van der Waals surface area contributed by atoms with Gasteiger partial charge in [-0.2, -0.15) is 11.8 Å². The number of ether oxygens (including phenoxy) is 1. The van der Waals surface area contributed by atoms with E-state index in [4.69, 9.17) is 4.74 Å². The monoisotopic (exact) mass is 226 g/mol. The van der Waals surface area contributed by atoms with Crippen LogP contribution in [0.1, 0.15) is 44.9 Å². The third-order valence-corrected chi connectivity index (χ3v) is 4.65. The average molecular weight is 226 g/mol. The van der Waals surface area contributed by atoms with Crippen molar-refractivity contribution >= 4 is 11.8 Å². The molecule has 0 spiro atoms. The molecule has 0 N–H and O–H groups in total. The normalized spacial score (nSPS) is 26.7. The zero-order valence-corrected chi connectivity index (χ0v) is 10.4. The van der Waals surface area contributed by atoms with Gasteiger partial charge in [-0.1, -0.05) is 6.42 Å². The van der Waals surface area contributed by atoms with Crippen molar-refractivity contribution in [3.05, 3.63) is 11.8 Å². The van der Waals surface area contributed by atoms with Crippen molar-refractivity contribution in [1.29, 1.82) is 0 Å². The van der Waals surface area contributed by atoms with Crippen LogP contribution in [0.25, 0.3) is 0 Å². The van der Waals surface area contributed by atoms with Gasteiger partial charge in [-0.3, -0.25) is 0 Å². The van der Waals surface area contributed by atoms with Crippen LogP contribution in [-0.4, -0.2) is 18.1 Å². The zero-order valence-electron chi connectivity index (χ0n) is 9.54. The highest BCUT2D eigenvalue weighted by atomic mass is 32.2. The molecule has 0 radical (unpaired) electrons. The van der Waals surface area contributed by atoms with Crippen LogP contribution in [0, 0.1) is 5.92 Å². The van der Waals surface area contributed by atoms with Crippen molar-refractivity contribution in [3.63, 3.8) is 0 Å². The van der Waals surface area contributed by atoms with Crippen molar-refractivity contribution in [2.45, 2.75) is 44.9 Å². The van der Waals surface area contributed by atoms with E-state index in [1.807, 2.05) is 0 Å². The van der Waals surface area contributed by atoms with Crippen LogP contribution in [0.4, 0.5) is 0 Å². The first kappa shape index (κ1) is 11.4. The number of hydrogen-bond acceptors (Lipinski definition) is 2. The van der Waals surface area contributed by atoms with Crippen molar-refractivity contribution in [3.8, 4) is 0 Å². The molecular weight excluding hydrogens is 204 g/mol. The van der Waals surface area contributed by atoms with E-state index < -0.39 is 0 Å². The molecule has 1 heterocycles. The summed E-state index contributed by atoms with van der Waals surface area (Å²) in [6.07, 6.45) is 11.4. The molecule has 0 aromatic carbocycles. The standard InChI is InChI=1S/C13H22OS/c1-2-4-12(5-3-1)10-14-8-6-13-7-9-15-11-13/h10,13H,1-9,11H2. The highest BCUT2D eigenvalue weighted by molar-refractivity contribution is 7.99. The van der Waals surface area contributed by atoms with Crippen molar-refractivity contribution in [1.82, 2.24) is 0 Å². The summed E-state index contributed by atoms with van der Waals surface area (Å²) in [4.78, 5) is 0. The van der Waals surface area contributed by atoms with Gasteiger partial charge in [-0.05, 0) is 61.5 Å². The van der Waals surface area contributed by atoms with E-state index in [1.54, 1.807) is 5.57 Å². The fourth-order valence-electron chi connectivity index (χ4n) is 2.35. The van der Waals surface area contributed by atoms with Gasteiger partial charge >= 0.3 is 0 Å². The Morgan fingerprint density at radius 1 is 1.27 bits per heavy atom. The van der Waals surface area contributed by atoms with Gasteiger partial charge in [0.05, 0.1) is 12.9 Å². The third-order valence-electron chi connectivity index (χ3n) is 3.41. The molecule has 2 fully saturated rings. The van der Waals surface area contributed by atoms with E-state index in [0.717, 1.165) is 12.5 Å². The number of thioether (sulfide) groups is 1. The molecule has 1 saturated carbocycles. The van der Waals surface area contributed by atoms with Crippen LogP contribution in [-0.2, 0) is 4.74 Å². The second-order valence-corrected chi connectivity index (χ2v) is 5.88. The van der Waals surface area contributed by atoms with Crippen LogP contribution in [0.2, 0.25) is 0 Å². The second-order valence-electron chi connectivity index (χ2n) is 4.73. The largest absolute Gasteiger partial charge is 0.501 e. The summed E-state index contributed by atoms with van der Waals surface area (Å²) in [5.41, 5.74) is 1.54. The fourth-order valence-corrected chi connectivity index (χ4v) is 3.68. The Kier molecular flexibility index (Phi) is 4.91. The molecule has 1 aliphatic heterocycles. The molecule has 0 aromatic rings. The quantitative estimate of drug-likeness (QED) is 0.529. The predicted octanol–water partition coefficient (Wildman–Crippen LogP) is 3.99. The first-order valence-electron chi connectivity index (χ1n) is 6.32. The van der Waals surface area contributed by atoms with E-state index in [9.17, 15) is 0 Å². The Hall–Kier alpha value is -0.110. The molecule has 0 bridgehead atoms. The highest BCUT2D eigenvalue weighted by Gasteiger charge is 2.14. The maximum absolute atomic E-state index is 5.66. The van der Waals surface area contributed by atoms with Crippen LogP contribution < -0.4 is 0 Å². The van der Waals surface area contributed by atoms with Crippen molar-refractivity contribution in [2.24, 2.45) is 5.92 Å². The van der Waals surface area contributed by atoms with Gasteiger partial charge in [0, 0.05) is 0 Å². The van der Waals surface area contributed by atoms with Crippen LogP contribution in [0.5, 0.6) is 0 Å².